The average Bonchev–Trinajstić information content (AvgIpc) is 3.08. The van der Waals surface area contributed by atoms with Gasteiger partial charge in [-0.25, -0.2) is 4.39 Å². The normalized spacial score (nSPS) is 17.7. The second kappa shape index (κ2) is 11.1. The Morgan fingerprint density at radius 1 is 1.09 bits per heavy atom. The number of hydrogen-bond acceptors (Lipinski definition) is 5. The number of nitrogens with zero attached hydrogens (tertiary/aromatic N) is 2. The van der Waals surface area contributed by atoms with Gasteiger partial charge in [0, 0.05) is 18.7 Å². The van der Waals surface area contributed by atoms with Crippen LogP contribution in [0.2, 0.25) is 0 Å². The lowest BCUT2D eigenvalue weighted by atomic mass is 9.95. The van der Waals surface area contributed by atoms with Crippen LogP contribution in [0.25, 0.3) is 5.76 Å². The molecule has 33 heavy (non-hydrogen) atoms. The van der Waals surface area contributed by atoms with Crippen LogP contribution in [0.3, 0.4) is 0 Å². The summed E-state index contributed by atoms with van der Waals surface area (Å²) in [6.07, 6.45) is 0.844. The summed E-state index contributed by atoms with van der Waals surface area (Å²) in [7, 11) is 0. The Labute approximate surface area is 194 Å². The number of halogens is 1. The van der Waals surface area contributed by atoms with Gasteiger partial charge in [-0.1, -0.05) is 32.9 Å². The molecule has 2 aromatic rings. The maximum atomic E-state index is 13.4. The average molecular weight is 455 g/mol. The molecule has 0 aliphatic carbocycles. The standard InChI is InChI=1S/C26H31FN2O4/c1-4-16-33-21-9-7-8-19(17-21)23-22(24(30)18-10-12-20(27)13-11-18)25(31)26(32)29(23)15-14-28(5-2)6-3/h7-13,17,23,30H,4-6,14-16H2,1-3H3/b24-22+/t23-/m1/s1. The van der Waals surface area contributed by atoms with E-state index >= 15 is 0 Å². The van der Waals surface area contributed by atoms with Crippen LogP contribution in [0.1, 0.15) is 44.4 Å². The number of benzene rings is 2. The van der Waals surface area contributed by atoms with Crippen LogP contribution in [0.4, 0.5) is 4.39 Å². The van der Waals surface area contributed by atoms with E-state index in [1.54, 1.807) is 6.07 Å². The highest BCUT2D eigenvalue weighted by Crippen LogP contribution is 2.40. The number of hydrogen-bond donors (Lipinski definition) is 1. The van der Waals surface area contributed by atoms with Crippen molar-refractivity contribution in [2.75, 3.05) is 32.8 Å². The first-order valence-corrected chi connectivity index (χ1v) is 11.4. The smallest absolute Gasteiger partial charge is 0.295 e. The Morgan fingerprint density at radius 3 is 2.42 bits per heavy atom. The molecule has 7 heteroatoms. The summed E-state index contributed by atoms with van der Waals surface area (Å²) in [5, 5.41) is 11.0. The summed E-state index contributed by atoms with van der Waals surface area (Å²) in [5.41, 5.74) is 0.950. The molecule has 1 saturated heterocycles. The van der Waals surface area contributed by atoms with Gasteiger partial charge in [0.25, 0.3) is 11.7 Å². The van der Waals surface area contributed by atoms with Crippen LogP contribution in [0, 0.1) is 5.82 Å². The monoisotopic (exact) mass is 454 g/mol. The number of Topliss-reactive ketones (excluding diaryl/α,β-unsaturated/α-hetero) is 1. The van der Waals surface area contributed by atoms with E-state index in [1.807, 2.05) is 39.0 Å². The topological polar surface area (TPSA) is 70.1 Å². The minimum Gasteiger partial charge on any atom is -0.507 e. The SMILES string of the molecule is CCCOc1cccc([C@@H]2/C(=C(\O)c3ccc(F)cc3)C(=O)C(=O)N2CCN(CC)CC)c1. The van der Waals surface area contributed by atoms with Gasteiger partial charge in [0.15, 0.2) is 0 Å². The van der Waals surface area contributed by atoms with E-state index in [4.69, 9.17) is 4.74 Å². The second-order valence-corrected chi connectivity index (χ2v) is 7.95. The van der Waals surface area contributed by atoms with Gasteiger partial charge < -0.3 is 19.6 Å². The molecule has 0 unspecified atom stereocenters. The molecule has 1 heterocycles. The summed E-state index contributed by atoms with van der Waals surface area (Å²) in [6, 6.07) is 11.7. The number of carbonyl (C=O) groups excluding carboxylic acids is 2. The van der Waals surface area contributed by atoms with Crippen molar-refractivity contribution in [2.24, 2.45) is 0 Å². The molecular formula is C26H31FN2O4. The first kappa shape index (κ1) is 24.5. The molecule has 6 nitrogen and oxygen atoms in total. The Hall–Kier alpha value is -3.19. The lowest BCUT2D eigenvalue weighted by Crippen LogP contribution is -2.38. The largest absolute Gasteiger partial charge is 0.507 e. The van der Waals surface area contributed by atoms with Crippen molar-refractivity contribution in [1.29, 1.82) is 0 Å². The number of likely N-dealkylation sites (tertiary alicyclic amines) is 1. The third-order valence-corrected chi connectivity index (χ3v) is 5.86. The van der Waals surface area contributed by atoms with Crippen LogP contribution in [0.5, 0.6) is 5.75 Å². The molecule has 176 valence electrons. The molecule has 1 fully saturated rings. The van der Waals surface area contributed by atoms with Gasteiger partial charge in [0.05, 0.1) is 18.2 Å². The fraction of sp³-hybridized carbons (Fsp3) is 0.385. The van der Waals surface area contributed by atoms with Crippen LogP contribution >= 0.6 is 0 Å². The molecule has 2 aromatic carbocycles. The highest BCUT2D eigenvalue weighted by atomic mass is 19.1. The van der Waals surface area contributed by atoms with Gasteiger partial charge in [-0.2, -0.15) is 0 Å². The Kier molecular flexibility index (Phi) is 8.22. The zero-order valence-corrected chi connectivity index (χ0v) is 19.4. The highest BCUT2D eigenvalue weighted by molar-refractivity contribution is 6.46. The van der Waals surface area contributed by atoms with E-state index in [2.05, 4.69) is 4.90 Å². The summed E-state index contributed by atoms with van der Waals surface area (Å²) in [4.78, 5) is 29.8. The van der Waals surface area contributed by atoms with Crippen LogP contribution < -0.4 is 4.74 Å². The second-order valence-electron chi connectivity index (χ2n) is 7.95. The molecule has 1 amide bonds. The maximum Gasteiger partial charge on any atom is 0.295 e. The van der Waals surface area contributed by atoms with Crippen LogP contribution in [-0.2, 0) is 9.59 Å². The van der Waals surface area contributed by atoms with Crippen molar-refractivity contribution in [3.05, 3.63) is 71.0 Å². The van der Waals surface area contributed by atoms with Crippen molar-refractivity contribution >= 4 is 17.4 Å². The Morgan fingerprint density at radius 2 is 1.79 bits per heavy atom. The number of carbonyl (C=O) groups is 2. The molecule has 0 radical (unpaired) electrons. The van der Waals surface area contributed by atoms with Gasteiger partial charge in [0.2, 0.25) is 0 Å². The molecule has 1 N–H and O–H groups in total. The molecular weight excluding hydrogens is 423 g/mol. The molecule has 0 aromatic heterocycles. The quantitative estimate of drug-likeness (QED) is 0.328. The predicted molar refractivity (Wildman–Crippen MR) is 125 cm³/mol. The van der Waals surface area contributed by atoms with Crippen LogP contribution in [-0.4, -0.2) is 59.4 Å². The summed E-state index contributed by atoms with van der Waals surface area (Å²) in [6.45, 7) is 9.20. The number of aliphatic hydroxyl groups excluding tert-OH is 1. The van der Waals surface area contributed by atoms with Crippen molar-refractivity contribution in [1.82, 2.24) is 9.80 Å². The lowest BCUT2D eigenvalue weighted by Gasteiger charge is -2.28. The summed E-state index contributed by atoms with van der Waals surface area (Å²) < 4.78 is 19.2. The highest BCUT2D eigenvalue weighted by Gasteiger charge is 2.46. The lowest BCUT2D eigenvalue weighted by molar-refractivity contribution is -0.140. The first-order chi connectivity index (χ1) is 15.9. The van der Waals surface area contributed by atoms with E-state index in [1.165, 1.54) is 29.2 Å². The number of rotatable bonds is 10. The van der Waals surface area contributed by atoms with Gasteiger partial charge in [0.1, 0.15) is 17.3 Å². The van der Waals surface area contributed by atoms with Crippen molar-refractivity contribution < 1.29 is 23.8 Å². The Bertz CT molecular complexity index is 1020. The maximum absolute atomic E-state index is 13.4. The molecule has 0 spiro atoms. The van der Waals surface area contributed by atoms with E-state index < -0.39 is 23.5 Å². The summed E-state index contributed by atoms with van der Waals surface area (Å²) in [5.74, 6) is -1.55. The third-order valence-electron chi connectivity index (χ3n) is 5.86. The molecule has 1 aliphatic heterocycles. The minimum atomic E-state index is -0.768. The third kappa shape index (κ3) is 5.42. The number of ketones is 1. The van der Waals surface area contributed by atoms with Gasteiger partial charge in [-0.05, 0) is 61.5 Å². The fourth-order valence-electron chi connectivity index (χ4n) is 4.00. The predicted octanol–water partition coefficient (Wildman–Crippen LogP) is 4.38. The molecule has 1 atom stereocenters. The number of likely N-dealkylation sites (N-methyl/N-ethyl adjacent to an activating group) is 1. The molecule has 3 rings (SSSR count). The summed E-state index contributed by atoms with van der Waals surface area (Å²) >= 11 is 0. The van der Waals surface area contributed by atoms with E-state index in [-0.39, 0.29) is 16.9 Å². The number of ether oxygens (including phenoxy) is 1. The van der Waals surface area contributed by atoms with E-state index in [9.17, 15) is 19.1 Å². The van der Waals surface area contributed by atoms with Gasteiger partial charge in [-0.3, -0.25) is 9.59 Å². The molecule has 0 bridgehead atoms. The number of aliphatic hydroxyl groups is 1. The van der Waals surface area contributed by atoms with E-state index in [0.29, 0.717) is 31.0 Å². The molecule has 1 aliphatic rings. The minimum absolute atomic E-state index is 0.00111. The van der Waals surface area contributed by atoms with E-state index in [0.717, 1.165) is 19.5 Å². The Balaban J connectivity index is 2.08. The number of amides is 1. The zero-order valence-electron chi connectivity index (χ0n) is 19.4. The van der Waals surface area contributed by atoms with Crippen molar-refractivity contribution in [3.63, 3.8) is 0 Å². The first-order valence-electron chi connectivity index (χ1n) is 11.4. The van der Waals surface area contributed by atoms with Gasteiger partial charge in [-0.15, -0.1) is 0 Å². The van der Waals surface area contributed by atoms with Crippen molar-refractivity contribution in [2.45, 2.75) is 33.2 Å². The van der Waals surface area contributed by atoms with Crippen molar-refractivity contribution in [3.8, 4) is 5.75 Å². The zero-order chi connectivity index (χ0) is 24.0. The fourth-order valence-corrected chi connectivity index (χ4v) is 4.00. The molecule has 0 saturated carbocycles. The van der Waals surface area contributed by atoms with Crippen LogP contribution in [0.15, 0.2) is 54.1 Å². The van der Waals surface area contributed by atoms with Gasteiger partial charge >= 0.3 is 0 Å².